The Hall–Kier alpha value is -0.790. The van der Waals surface area contributed by atoms with E-state index in [1.807, 2.05) is 46.9 Å². The van der Waals surface area contributed by atoms with E-state index in [9.17, 15) is 4.39 Å². The van der Waals surface area contributed by atoms with Gasteiger partial charge in [0.05, 0.1) is 30.6 Å². The van der Waals surface area contributed by atoms with Crippen molar-refractivity contribution in [3.05, 3.63) is 48.0 Å². The maximum Gasteiger partial charge on any atom is 0.183 e. The predicted octanol–water partition coefficient (Wildman–Crippen LogP) is 5.27. The van der Waals surface area contributed by atoms with Crippen LogP contribution in [0.4, 0.5) is 15.8 Å². The van der Waals surface area contributed by atoms with Crippen molar-refractivity contribution in [1.82, 2.24) is 0 Å². The predicted molar refractivity (Wildman–Crippen MR) is 96.2 cm³/mol. The van der Waals surface area contributed by atoms with Crippen LogP contribution in [0, 0.1) is 0 Å². The number of para-hydroxylation sites is 1. The van der Waals surface area contributed by atoms with Gasteiger partial charge in [0.25, 0.3) is 0 Å². The standard InChI is InChI=1S/C17H15FINOS/c1-17(18,19)11-6-7-16-14(8-11)20(9-12-10-21-12)13-4-2-3-5-15(13)22-16/h2-8,12H,9-10H2,1H3. The largest absolute Gasteiger partial charge is 0.371 e. The summed E-state index contributed by atoms with van der Waals surface area (Å²) in [5.74, 6) is 0. The van der Waals surface area contributed by atoms with Crippen LogP contribution in [-0.4, -0.2) is 19.3 Å². The summed E-state index contributed by atoms with van der Waals surface area (Å²) >= 11 is 3.59. The number of benzene rings is 2. The van der Waals surface area contributed by atoms with Gasteiger partial charge in [-0.05, 0) is 53.8 Å². The molecule has 2 aliphatic rings. The summed E-state index contributed by atoms with van der Waals surface area (Å²) in [6, 6.07) is 14.3. The molecule has 0 aliphatic carbocycles. The van der Waals surface area contributed by atoms with Gasteiger partial charge in [0.2, 0.25) is 0 Å². The number of ether oxygens (including phenoxy) is 1. The molecule has 2 aliphatic heterocycles. The number of rotatable bonds is 3. The molecule has 5 heteroatoms. The normalized spacial score (nSPS) is 21.8. The highest BCUT2D eigenvalue weighted by atomic mass is 127. The quantitative estimate of drug-likeness (QED) is 0.378. The first-order valence-electron chi connectivity index (χ1n) is 7.21. The molecule has 2 aromatic rings. The molecule has 0 bridgehead atoms. The van der Waals surface area contributed by atoms with Gasteiger partial charge in [-0.25, -0.2) is 4.39 Å². The number of fused-ring (bicyclic) bond motifs is 2. The van der Waals surface area contributed by atoms with E-state index < -0.39 is 3.68 Å². The molecule has 4 rings (SSSR count). The van der Waals surface area contributed by atoms with E-state index in [4.69, 9.17) is 4.74 Å². The van der Waals surface area contributed by atoms with E-state index in [1.54, 1.807) is 18.7 Å². The lowest BCUT2D eigenvalue weighted by Crippen LogP contribution is -2.25. The molecule has 1 saturated heterocycles. The summed E-state index contributed by atoms with van der Waals surface area (Å²) in [6.45, 7) is 3.22. The Balaban J connectivity index is 1.82. The molecular formula is C17H15FINOS. The maximum absolute atomic E-state index is 14.3. The molecule has 2 nitrogen and oxygen atoms in total. The Labute approximate surface area is 147 Å². The van der Waals surface area contributed by atoms with E-state index in [1.165, 1.54) is 15.5 Å². The highest BCUT2D eigenvalue weighted by molar-refractivity contribution is 14.1. The fraction of sp³-hybridized carbons (Fsp3) is 0.294. The lowest BCUT2D eigenvalue weighted by molar-refractivity contribution is 0.349. The van der Waals surface area contributed by atoms with E-state index >= 15 is 0 Å². The van der Waals surface area contributed by atoms with Crippen LogP contribution in [0.2, 0.25) is 0 Å². The first kappa shape index (κ1) is 14.8. The van der Waals surface area contributed by atoms with E-state index in [0.29, 0.717) is 5.56 Å². The van der Waals surface area contributed by atoms with Gasteiger partial charge in [0.15, 0.2) is 3.68 Å². The number of epoxide rings is 1. The Morgan fingerprint density at radius 2 is 2.00 bits per heavy atom. The number of nitrogens with zero attached hydrogens (tertiary/aromatic N) is 1. The molecule has 0 N–H and O–H groups in total. The van der Waals surface area contributed by atoms with Crippen molar-refractivity contribution in [3.63, 3.8) is 0 Å². The molecule has 22 heavy (non-hydrogen) atoms. The second kappa shape index (κ2) is 5.39. The first-order chi connectivity index (χ1) is 10.5. The van der Waals surface area contributed by atoms with Gasteiger partial charge in [0, 0.05) is 15.4 Å². The summed E-state index contributed by atoms with van der Waals surface area (Å²) in [5.41, 5.74) is 2.97. The first-order valence-corrected chi connectivity index (χ1v) is 9.10. The number of hydrogen-bond donors (Lipinski definition) is 0. The van der Waals surface area contributed by atoms with Crippen LogP contribution in [0.3, 0.4) is 0 Å². The molecule has 2 heterocycles. The van der Waals surface area contributed by atoms with Crippen molar-refractivity contribution in [3.8, 4) is 0 Å². The Bertz CT molecular complexity index is 727. The third-order valence-corrected chi connectivity index (χ3v) is 5.67. The molecule has 2 unspecified atom stereocenters. The minimum atomic E-state index is -1.36. The maximum atomic E-state index is 14.3. The third kappa shape index (κ3) is 2.74. The van der Waals surface area contributed by atoms with Crippen molar-refractivity contribution >= 4 is 45.7 Å². The van der Waals surface area contributed by atoms with E-state index in [0.717, 1.165) is 18.8 Å². The number of halogens is 2. The second-order valence-corrected chi connectivity index (χ2v) is 8.82. The minimum Gasteiger partial charge on any atom is -0.371 e. The summed E-state index contributed by atoms with van der Waals surface area (Å²) in [5, 5.41) is 0. The summed E-state index contributed by atoms with van der Waals surface area (Å²) in [4.78, 5) is 4.68. The molecule has 0 radical (unpaired) electrons. The lowest BCUT2D eigenvalue weighted by Gasteiger charge is -2.33. The SMILES string of the molecule is CC(F)(I)c1ccc2c(c1)N(CC1CO1)c1ccccc1S2. The van der Waals surface area contributed by atoms with Gasteiger partial charge in [0.1, 0.15) is 0 Å². The Morgan fingerprint density at radius 1 is 1.27 bits per heavy atom. The zero-order chi connectivity index (χ0) is 15.3. The summed E-state index contributed by atoms with van der Waals surface area (Å²) in [6.07, 6.45) is 0.282. The van der Waals surface area contributed by atoms with Crippen LogP contribution in [0.5, 0.6) is 0 Å². The third-order valence-electron chi connectivity index (χ3n) is 3.92. The number of hydrogen-bond acceptors (Lipinski definition) is 3. The van der Waals surface area contributed by atoms with Gasteiger partial charge in [-0.1, -0.05) is 30.0 Å². The fourth-order valence-electron chi connectivity index (χ4n) is 2.68. The van der Waals surface area contributed by atoms with Crippen LogP contribution >= 0.6 is 34.4 Å². The molecule has 2 atom stereocenters. The zero-order valence-corrected chi connectivity index (χ0v) is 15.0. The van der Waals surface area contributed by atoms with Crippen LogP contribution < -0.4 is 4.90 Å². The van der Waals surface area contributed by atoms with Gasteiger partial charge in [-0.15, -0.1) is 0 Å². The molecule has 2 aromatic carbocycles. The molecule has 0 saturated carbocycles. The van der Waals surface area contributed by atoms with E-state index in [-0.39, 0.29) is 6.10 Å². The highest BCUT2D eigenvalue weighted by Crippen LogP contribution is 2.50. The van der Waals surface area contributed by atoms with Crippen LogP contribution in [0.1, 0.15) is 12.5 Å². The van der Waals surface area contributed by atoms with Gasteiger partial charge in [-0.3, -0.25) is 0 Å². The molecule has 0 spiro atoms. The number of alkyl halides is 2. The average Bonchev–Trinajstić information content (AvgIpc) is 3.29. The average molecular weight is 427 g/mol. The Kier molecular flexibility index (Phi) is 3.62. The van der Waals surface area contributed by atoms with E-state index in [2.05, 4.69) is 23.1 Å². The van der Waals surface area contributed by atoms with Crippen molar-refractivity contribution in [2.75, 3.05) is 18.1 Å². The smallest absolute Gasteiger partial charge is 0.183 e. The molecule has 114 valence electrons. The summed E-state index contributed by atoms with van der Waals surface area (Å²) < 4.78 is 18.4. The minimum absolute atomic E-state index is 0.282. The Morgan fingerprint density at radius 3 is 2.73 bits per heavy atom. The topological polar surface area (TPSA) is 15.8 Å². The van der Waals surface area contributed by atoms with Crippen LogP contribution in [0.15, 0.2) is 52.3 Å². The fourth-order valence-corrected chi connectivity index (χ4v) is 4.09. The molecule has 1 fully saturated rings. The second-order valence-electron chi connectivity index (χ2n) is 5.71. The lowest BCUT2D eigenvalue weighted by atomic mass is 10.1. The highest BCUT2D eigenvalue weighted by Gasteiger charge is 2.32. The van der Waals surface area contributed by atoms with Crippen LogP contribution in [-0.2, 0) is 8.41 Å². The summed E-state index contributed by atoms with van der Waals surface area (Å²) in [7, 11) is 0. The van der Waals surface area contributed by atoms with Crippen molar-refractivity contribution in [2.45, 2.75) is 26.5 Å². The molecule has 0 amide bonds. The van der Waals surface area contributed by atoms with Crippen molar-refractivity contribution in [1.29, 1.82) is 0 Å². The number of anilines is 2. The molecular weight excluding hydrogens is 412 g/mol. The van der Waals surface area contributed by atoms with Gasteiger partial charge in [-0.2, -0.15) is 0 Å². The van der Waals surface area contributed by atoms with Gasteiger partial charge >= 0.3 is 0 Å². The van der Waals surface area contributed by atoms with Crippen molar-refractivity contribution < 1.29 is 9.13 Å². The monoisotopic (exact) mass is 427 g/mol. The zero-order valence-electron chi connectivity index (χ0n) is 12.1. The van der Waals surface area contributed by atoms with Crippen molar-refractivity contribution in [2.24, 2.45) is 0 Å². The van der Waals surface area contributed by atoms with Gasteiger partial charge < -0.3 is 9.64 Å². The van der Waals surface area contributed by atoms with Crippen LogP contribution in [0.25, 0.3) is 0 Å². The molecule has 0 aromatic heterocycles.